The number of carbonyl (C=O) groups is 2. The Labute approximate surface area is 123 Å². The van der Waals surface area contributed by atoms with Gasteiger partial charge in [-0.05, 0) is 26.7 Å². The molecule has 1 N–H and O–H groups in total. The molecule has 2 amide bonds. The number of nitrogens with zero attached hydrogens (tertiary/aromatic N) is 1. The van der Waals surface area contributed by atoms with Crippen LogP contribution in [0.25, 0.3) is 0 Å². The molecule has 0 bridgehead atoms. The molecular weight excluding hydrogens is 252 g/mol. The van der Waals surface area contributed by atoms with E-state index >= 15 is 0 Å². The van der Waals surface area contributed by atoms with E-state index in [1.807, 2.05) is 18.7 Å². The van der Waals surface area contributed by atoms with Crippen LogP contribution in [0.1, 0.15) is 72.6 Å². The van der Waals surface area contributed by atoms with Gasteiger partial charge in [0.1, 0.15) is 5.54 Å². The van der Waals surface area contributed by atoms with Crippen LogP contribution < -0.4 is 5.32 Å². The summed E-state index contributed by atoms with van der Waals surface area (Å²) >= 11 is 0. The maximum atomic E-state index is 12.7. The number of carbonyl (C=O) groups excluding carboxylic acids is 2. The fraction of sp³-hybridized carbons (Fsp3) is 0.875. The molecule has 0 aliphatic carbocycles. The predicted octanol–water partition coefficient (Wildman–Crippen LogP) is 2.86. The normalized spacial score (nSPS) is 25.3. The highest BCUT2D eigenvalue weighted by atomic mass is 16.2. The van der Waals surface area contributed by atoms with E-state index in [-0.39, 0.29) is 17.9 Å². The second kappa shape index (κ2) is 7.65. The first kappa shape index (κ1) is 17.0. The smallest absolute Gasteiger partial charge is 0.248 e. The Balaban J connectivity index is 2.66. The summed E-state index contributed by atoms with van der Waals surface area (Å²) in [5.74, 6) is 0.0669. The zero-order valence-corrected chi connectivity index (χ0v) is 13.5. The molecule has 0 saturated carbocycles. The molecule has 0 spiro atoms. The molecule has 4 nitrogen and oxygen atoms in total. The lowest BCUT2D eigenvalue weighted by molar-refractivity contribution is -0.140. The Hall–Kier alpha value is -1.06. The van der Waals surface area contributed by atoms with E-state index in [9.17, 15) is 9.59 Å². The number of hydrogen-bond acceptors (Lipinski definition) is 2. The number of nitrogens with one attached hydrogen (secondary N) is 1. The average Bonchev–Trinajstić information content (AvgIpc) is 2.53. The van der Waals surface area contributed by atoms with Crippen LogP contribution in [0.5, 0.6) is 0 Å². The van der Waals surface area contributed by atoms with Gasteiger partial charge in [-0.3, -0.25) is 9.59 Å². The molecule has 1 heterocycles. The molecule has 1 rings (SSSR count). The fourth-order valence-corrected chi connectivity index (χ4v) is 2.75. The van der Waals surface area contributed by atoms with E-state index < -0.39 is 5.54 Å². The summed E-state index contributed by atoms with van der Waals surface area (Å²) in [6.07, 6.45) is 6.95. The number of unbranched alkanes of at least 4 members (excludes halogenated alkanes) is 3. The summed E-state index contributed by atoms with van der Waals surface area (Å²) in [5, 5.41) is 2.89. The van der Waals surface area contributed by atoms with E-state index in [4.69, 9.17) is 0 Å². The van der Waals surface area contributed by atoms with Gasteiger partial charge in [-0.2, -0.15) is 0 Å². The SMILES string of the molecule is CCCCCCC(C)N1CCC(=O)NC(C)(CC)C1=O. The second-order valence-corrected chi connectivity index (χ2v) is 6.18. The molecule has 0 aromatic rings. The Bertz CT molecular complexity index is 343. The zero-order chi connectivity index (χ0) is 15.2. The predicted molar refractivity (Wildman–Crippen MR) is 81.4 cm³/mol. The van der Waals surface area contributed by atoms with Crippen LogP contribution in [-0.2, 0) is 9.59 Å². The highest BCUT2D eigenvalue weighted by Crippen LogP contribution is 2.21. The third-order valence-electron chi connectivity index (χ3n) is 4.44. The monoisotopic (exact) mass is 282 g/mol. The van der Waals surface area contributed by atoms with Crippen LogP contribution in [0.4, 0.5) is 0 Å². The van der Waals surface area contributed by atoms with E-state index in [0.717, 1.165) is 12.8 Å². The molecule has 2 unspecified atom stereocenters. The molecule has 1 aliphatic rings. The molecular formula is C16H30N2O2. The third-order valence-corrected chi connectivity index (χ3v) is 4.44. The molecule has 0 radical (unpaired) electrons. The topological polar surface area (TPSA) is 49.4 Å². The Morgan fingerprint density at radius 2 is 1.95 bits per heavy atom. The van der Waals surface area contributed by atoms with E-state index in [0.29, 0.717) is 19.4 Å². The van der Waals surface area contributed by atoms with Crippen molar-refractivity contribution in [3.05, 3.63) is 0 Å². The first-order chi connectivity index (χ1) is 9.44. The van der Waals surface area contributed by atoms with Gasteiger partial charge in [-0.25, -0.2) is 0 Å². The summed E-state index contributed by atoms with van der Waals surface area (Å²) in [4.78, 5) is 26.4. The van der Waals surface area contributed by atoms with Gasteiger partial charge in [0.05, 0.1) is 0 Å². The molecule has 0 aromatic carbocycles. The summed E-state index contributed by atoms with van der Waals surface area (Å²) in [5.41, 5.74) is -0.731. The van der Waals surface area contributed by atoms with Gasteiger partial charge in [0.15, 0.2) is 0 Å². The van der Waals surface area contributed by atoms with Crippen molar-refractivity contribution in [2.24, 2.45) is 0 Å². The number of amides is 2. The van der Waals surface area contributed by atoms with Gasteiger partial charge in [0.25, 0.3) is 0 Å². The third kappa shape index (κ3) is 4.22. The summed E-state index contributed by atoms with van der Waals surface area (Å²) in [6.45, 7) is 8.65. The van der Waals surface area contributed by atoms with Crippen molar-refractivity contribution in [3.63, 3.8) is 0 Å². The lowest BCUT2D eigenvalue weighted by Gasteiger charge is -2.35. The molecule has 1 aliphatic heterocycles. The van der Waals surface area contributed by atoms with E-state index in [2.05, 4.69) is 19.2 Å². The van der Waals surface area contributed by atoms with Crippen LogP contribution in [0.2, 0.25) is 0 Å². The summed E-state index contributed by atoms with van der Waals surface area (Å²) < 4.78 is 0. The number of rotatable bonds is 7. The van der Waals surface area contributed by atoms with Crippen molar-refractivity contribution in [1.82, 2.24) is 10.2 Å². The summed E-state index contributed by atoms with van der Waals surface area (Å²) in [6, 6.07) is 0.220. The minimum atomic E-state index is -0.731. The maximum absolute atomic E-state index is 12.7. The molecule has 1 saturated heterocycles. The molecule has 4 heteroatoms. The first-order valence-corrected chi connectivity index (χ1v) is 8.06. The largest absolute Gasteiger partial charge is 0.342 e. The van der Waals surface area contributed by atoms with Gasteiger partial charge >= 0.3 is 0 Å². The van der Waals surface area contributed by atoms with Gasteiger partial charge in [-0.15, -0.1) is 0 Å². The van der Waals surface area contributed by atoms with Crippen LogP contribution in [-0.4, -0.2) is 34.8 Å². The van der Waals surface area contributed by atoms with Gasteiger partial charge in [-0.1, -0.05) is 39.5 Å². The van der Waals surface area contributed by atoms with Crippen molar-refractivity contribution in [2.75, 3.05) is 6.54 Å². The van der Waals surface area contributed by atoms with Crippen molar-refractivity contribution in [1.29, 1.82) is 0 Å². The van der Waals surface area contributed by atoms with Gasteiger partial charge in [0.2, 0.25) is 11.8 Å². The highest BCUT2D eigenvalue weighted by molar-refractivity contribution is 5.93. The minimum absolute atomic E-state index is 0.0108. The molecule has 20 heavy (non-hydrogen) atoms. The first-order valence-electron chi connectivity index (χ1n) is 8.06. The van der Waals surface area contributed by atoms with Crippen molar-refractivity contribution >= 4 is 11.8 Å². The van der Waals surface area contributed by atoms with E-state index in [1.165, 1.54) is 19.3 Å². The molecule has 0 aromatic heterocycles. The van der Waals surface area contributed by atoms with Crippen molar-refractivity contribution < 1.29 is 9.59 Å². The lowest BCUT2D eigenvalue weighted by Crippen LogP contribution is -2.56. The standard InChI is InChI=1S/C16H30N2O2/c1-5-7-8-9-10-13(3)18-12-11-14(19)17-16(4,6-2)15(18)20/h13H,5-12H2,1-4H3,(H,17,19). The Morgan fingerprint density at radius 1 is 1.25 bits per heavy atom. The van der Waals surface area contributed by atoms with Crippen molar-refractivity contribution in [3.8, 4) is 0 Å². The van der Waals surface area contributed by atoms with E-state index in [1.54, 1.807) is 0 Å². The van der Waals surface area contributed by atoms with Gasteiger partial charge in [0, 0.05) is 19.0 Å². The highest BCUT2D eigenvalue weighted by Gasteiger charge is 2.40. The average molecular weight is 282 g/mol. The lowest BCUT2D eigenvalue weighted by atomic mass is 9.96. The fourth-order valence-electron chi connectivity index (χ4n) is 2.75. The van der Waals surface area contributed by atoms with Crippen LogP contribution in [0.15, 0.2) is 0 Å². The zero-order valence-electron chi connectivity index (χ0n) is 13.5. The maximum Gasteiger partial charge on any atom is 0.248 e. The quantitative estimate of drug-likeness (QED) is 0.730. The Kier molecular flexibility index (Phi) is 6.50. The van der Waals surface area contributed by atoms with Crippen LogP contribution in [0.3, 0.4) is 0 Å². The Morgan fingerprint density at radius 3 is 2.55 bits per heavy atom. The van der Waals surface area contributed by atoms with Crippen LogP contribution >= 0.6 is 0 Å². The van der Waals surface area contributed by atoms with Gasteiger partial charge < -0.3 is 10.2 Å². The molecule has 2 atom stereocenters. The summed E-state index contributed by atoms with van der Waals surface area (Å²) in [7, 11) is 0. The molecule has 116 valence electrons. The minimum Gasteiger partial charge on any atom is -0.342 e. The second-order valence-electron chi connectivity index (χ2n) is 6.18. The van der Waals surface area contributed by atoms with Crippen molar-refractivity contribution in [2.45, 2.75) is 84.2 Å². The molecule has 1 fully saturated rings. The number of hydrogen-bond donors (Lipinski definition) is 1. The van der Waals surface area contributed by atoms with Crippen LogP contribution in [0, 0.1) is 0 Å².